The maximum absolute atomic E-state index is 9.76. The topological polar surface area (TPSA) is 83.8 Å². The van der Waals surface area contributed by atoms with Crippen LogP contribution in [0.3, 0.4) is 0 Å². The van der Waals surface area contributed by atoms with Gasteiger partial charge in [0, 0.05) is 6.61 Å². The molecule has 0 aliphatic heterocycles. The molecule has 0 aliphatic carbocycles. The molecule has 0 bridgehead atoms. The number of rotatable bonds is 4. The Kier molecular flexibility index (Phi) is 7.50. The average Bonchev–Trinajstić information content (AvgIpc) is 1.63. The summed E-state index contributed by atoms with van der Waals surface area (Å²) in [6, 6.07) is 0. The number of aliphatic hydroxyl groups is 1. The lowest BCUT2D eigenvalue weighted by molar-refractivity contribution is 0.219. The van der Waals surface area contributed by atoms with E-state index in [2.05, 4.69) is 4.18 Å². The van der Waals surface area contributed by atoms with Crippen LogP contribution in [0.1, 0.15) is 6.42 Å². The molecule has 0 saturated carbocycles. The minimum atomic E-state index is -4.31. The van der Waals surface area contributed by atoms with Gasteiger partial charge in [0.2, 0.25) is 0 Å². The Morgan fingerprint density at radius 2 is 1.90 bits per heavy atom. The van der Waals surface area contributed by atoms with Gasteiger partial charge < -0.3 is 5.11 Å². The lowest BCUT2D eigenvalue weighted by Gasteiger charge is -1.94. The maximum atomic E-state index is 9.76. The summed E-state index contributed by atoms with van der Waals surface area (Å²) >= 11 is 0. The predicted octanol–water partition coefficient (Wildman–Crippen LogP) is -0.390. The standard InChI is InChI=1S/C3H8O5S.ClH/c4-2-1-3-8-9(5,6)7;/h4H,1-3H2,(H,5,6,7);1H. The van der Waals surface area contributed by atoms with Gasteiger partial charge in [0.1, 0.15) is 0 Å². The van der Waals surface area contributed by atoms with E-state index in [1.54, 1.807) is 0 Å². The second-order valence-electron chi connectivity index (χ2n) is 1.33. The fourth-order valence-corrected chi connectivity index (χ4v) is 0.557. The monoisotopic (exact) mass is 192 g/mol. The van der Waals surface area contributed by atoms with E-state index in [9.17, 15) is 8.42 Å². The summed E-state index contributed by atoms with van der Waals surface area (Å²) in [6.07, 6.45) is 0.194. The molecule has 0 atom stereocenters. The molecule has 0 saturated heterocycles. The molecule has 0 heterocycles. The summed E-state index contributed by atoms with van der Waals surface area (Å²) in [5.74, 6) is 0. The zero-order valence-electron chi connectivity index (χ0n) is 5.06. The summed E-state index contributed by atoms with van der Waals surface area (Å²) < 4.78 is 31.3. The largest absolute Gasteiger partial charge is 0.397 e. The Morgan fingerprint density at radius 1 is 1.40 bits per heavy atom. The lowest BCUT2D eigenvalue weighted by Crippen LogP contribution is -2.05. The molecule has 0 radical (unpaired) electrons. The summed E-state index contributed by atoms with van der Waals surface area (Å²) in [4.78, 5) is 0. The highest BCUT2D eigenvalue weighted by Gasteiger charge is 2.01. The fourth-order valence-electron chi connectivity index (χ4n) is 0.229. The first-order valence-corrected chi connectivity index (χ1v) is 3.65. The Hall–Kier alpha value is 0.120. The van der Waals surface area contributed by atoms with Crippen molar-refractivity contribution in [2.45, 2.75) is 6.42 Å². The number of hydrogen-bond donors (Lipinski definition) is 2. The van der Waals surface area contributed by atoms with E-state index >= 15 is 0 Å². The van der Waals surface area contributed by atoms with E-state index in [0.29, 0.717) is 0 Å². The van der Waals surface area contributed by atoms with Gasteiger partial charge in [0.15, 0.2) is 0 Å². The third kappa shape index (κ3) is 11.0. The van der Waals surface area contributed by atoms with E-state index in [1.165, 1.54) is 0 Å². The molecule has 7 heteroatoms. The zero-order valence-corrected chi connectivity index (χ0v) is 6.69. The highest BCUT2D eigenvalue weighted by atomic mass is 35.5. The second-order valence-corrected chi connectivity index (χ2v) is 2.42. The fraction of sp³-hybridized carbons (Fsp3) is 1.00. The Bertz CT molecular complexity index is 152. The van der Waals surface area contributed by atoms with E-state index in [1.807, 2.05) is 0 Å². The quantitative estimate of drug-likeness (QED) is 0.468. The van der Waals surface area contributed by atoms with Crippen LogP contribution in [-0.2, 0) is 14.6 Å². The van der Waals surface area contributed by atoms with Gasteiger partial charge in [-0.1, -0.05) is 0 Å². The van der Waals surface area contributed by atoms with Crippen molar-refractivity contribution in [3.63, 3.8) is 0 Å². The van der Waals surface area contributed by atoms with Gasteiger partial charge in [-0.15, -0.1) is 12.4 Å². The molecule has 10 heavy (non-hydrogen) atoms. The number of aliphatic hydroxyl groups excluding tert-OH is 1. The van der Waals surface area contributed by atoms with Gasteiger partial charge in [0.05, 0.1) is 6.61 Å². The van der Waals surface area contributed by atoms with E-state index in [0.717, 1.165) is 0 Å². The van der Waals surface area contributed by atoms with Gasteiger partial charge in [-0.3, -0.25) is 4.55 Å². The van der Waals surface area contributed by atoms with Crippen LogP contribution in [0.15, 0.2) is 0 Å². The average molecular weight is 193 g/mol. The third-order valence-corrected chi connectivity index (χ3v) is 0.999. The van der Waals surface area contributed by atoms with Crippen molar-refractivity contribution >= 4 is 22.8 Å². The molecule has 0 rings (SSSR count). The SMILES string of the molecule is Cl.O=S(=O)(O)OCCCO. The van der Waals surface area contributed by atoms with Gasteiger partial charge in [0.25, 0.3) is 0 Å². The number of halogens is 1. The van der Waals surface area contributed by atoms with Crippen LogP contribution in [0.25, 0.3) is 0 Å². The van der Waals surface area contributed by atoms with Crippen LogP contribution in [0.2, 0.25) is 0 Å². The molecule has 0 aromatic heterocycles. The molecule has 64 valence electrons. The van der Waals surface area contributed by atoms with Crippen LogP contribution in [0, 0.1) is 0 Å². The smallest absolute Gasteiger partial charge is 0.396 e. The summed E-state index contributed by atoms with van der Waals surface area (Å²) in [7, 11) is -4.31. The molecule has 0 aromatic carbocycles. The zero-order chi connectivity index (χ0) is 7.33. The molecule has 5 nitrogen and oxygen atoms in total. The summed E-state index contributed by atoms with van der Waals surface area (Å²) in [6.45, 7) is -0.342. The van der Waals surface area contributed by atoms with Crippen LogP contribution in [0.5, 0.6) is 0 Å². The van der Waals surface area contributed by atoms with Crippen LogP contribution in [-0.4, -0.2) is 31.3 Å². The summed E-state index contributed by atoms with van der Waals surface area (Å²) in [5.41, 5.74) is 0. The summed E-state index contributed by atoms with van der Waals surface area (Å²) in [5, 5.41) is 8.11. The predicted molar refractivity (Wildman–Crippen MR) is 36.5 cm³/mol. The number of hydrogen-bond acceptors (Lipinski definition) is 4. The Morgan fingerprint density at radius 3 is 2.20 bits per heavy atom. The van der Waals surface area contributed by atoms with Gasteiger partial charge in [-0.2, -0.15) is 8.42 Å². The van der Waals surface area contributed by atoms with Crippen molar-refractivity contribution in [3.05, 3.63) is 0 Å². The second kappa shape index (κ2) is 5.87. The first-order valence-electron chi connectivity index (χ1n) is 2.29. The lowest BCUT2D eigenvalue weighted by atomic mass is 10.5. The molecule has 0 aromatic rings. The van der Waals surface area contributed by atoms with Crippen molar-refractivity contribution in [2.24, 2.45) is 0 Å². The first-order chi connectivity index (χ1) is 4.06. The molecule has 2 N–H and O–H groups in total. The minimum Gasteiger partial charge on any atom is -0.396 e. The molecular weight excluding hydrogens is 184 g/mol. The molecule has 0 spiro atoms. The van der Waals surface area contributed by atoms with Crippen molar-refractivity contribution in [3.8, 4) is 0 Å². The van der Waals surface area contributed by atoms with Crippen molar-refractivity contribution in [1.29, 1.82) is 0 Å². The van der Waals surface area contributed by atoms with Crippen molar-refractivity contribution in [2.75, 3.05) is 13.2 Å². The maximum Gasteiger partial charge on any atom is 0.397 e. The minimum absolute atomic E-state index is 0. The van der Waals surface area contributed by atoms with Gasteiger partial charge in [-0.25, -0.2) is 4.18 Å². The molecular formula is C3H9ClO5S. The highest BCUT2D eigenvalue weighted by Crippen LogP contribution is 1.87. The van der Waals surface area contributed by atoms with E-state index in [4.69, 9.17) is 9.66 Å². The van der Waals surface area contributed by atoms with Crippen LogP contribution >= 0.6 is 12.4 Å². The molecule has 0 unspecified atom stereocenters. The normalized spacial score (nSPS) is 10.6. The van der Waals surface area contributed by atoms with Gasteiger partial charge >= 0.3 is 10.4 Å². The van der Waals surface area contributed by atoms with Crippen molar-refractivity contribution < 1.29 is 22.3 Å². The first kappa shape index (κ1) is 12.8. The van der Waals surface area contributed by atoms with Crippen LogP contribution in [0.4, 0.5) is 0 Å². The van der Waals surface area contributed by atoms with E-state index < -0.39 is 10.4 Å². The molecule has 0 fully saturated rings. The molecule has 0 aliphatic rings. The Labute approximate surface area is 65.4 Å². The Balaban J connectivity index is 0. The van der Waals surface area contributed by atoms with Crippen LogP contribution < -0.4 is 0 Å². The highest BCUT2D eigenvalue weighted by molar-refractivity contribution is 7.80. The molecule has 0 amide bonds. The van der Waals surface area contributed by atoms with Crippen molar-refractivity contribution in [1.82, 2.24) is 0 Å². The van der Waals surface area contributed by atoms with E-state index in [-0.39, 0.29) is 32.0 Å². The van der Waals surface area contributed by atoms with Gasteiger partial charge in [-0.05, 0) is 6.42 Å². The third-order valence-electron chi connectivity index (χ3n) is 0.535.